The molecule has 0 unspecified atom stereocenters. The van der Waals surface area contributed by atoms with Gasteiger partial charge in [0.15, 0.2) is 0 Å². The first-order valence-electron chi connectivity index (χ1n) is 36.2. The van der Waals surface area contributed by atoms with Crippen LogP contribution in [0.15, 0.2) is 349 Å². The summed E-state index contributed by atoms with van der Waals surface area (Å²) in [5.74, 6) is 0. The standard InChI is InChI=1S/C98H68N2O2Si2/c1-103(2)89-59-85(99(69-49-41-65(42-50-69)77-35-17-25-61-21-5-9-29-73(61)77)70-51-43-66(44-52-70)78-36-18-26-62-22-6-10-30-74(62)78)91-81-33-13-15-39-87(81)101-95(91)93(89)83-57-58-84-94-90(104(3,4)98(84)97(83)103)60-86(92-82-34-14-16-40-88(82)102-96(92)94)100(71-53-45-67(46-54-71)79-37-19-27-63-23-7-11-31-75(63)79)72-55-47-68(48-56-72)80-38-20-28-64-24-8-12-32-76(64)80/h5-60H,1-4H3. The molecule has 2 aliphatic rings. The van der Waals surface area contributed by atoms with Gasteiger partial charge in [-0.15, -0.1) is 0 Å². The highest BCUT2D eigenvalue weighted by Crippen LogP contribution is 2.52. The van der Waals surface area contributed by atoms with Gasteiger partial charge in [-0.3, -0.25) is 0 Å². The van der Waals surface area contributed by atoms with Crippen molar-refractivity contribution in [3.05, 3.63) is 340 Å². The first-order chi connectivity index (χ1) is 51.1. The van der Waals surface area contributed by atoms with Crippen molar-refractivity contribution in [3.8, 4) is 66.8 Å². The summed E-state index contributed by atoms with van der Waals surface area (Å²) in [5.41, 5.74) is 24.7. The van der Waals surface area contributed by atoms with E-state index < -0.39 is 16.1 Å². The first-order valence-corrected chi connectivity index (χ1v) is 42.2. The van der Waals surface area contributed by atoms with Crippen molar-refractivity contribution >= 4 is 158 Å². The molecule has 0 aliphatic carbocycles. The van der Waals surface area contributed by atoms with Crippen LogP contribution in [0.3, 0.4) is 0 Å². The quantitative estimate of drug-likeness (QED) is 0.128. The van der Waals surface area contributed by atoms with Crippen molar-refractivity contribution in [2.45, 2.75) is 26.2 Å². The maximum absolute atomic E-state index is 7.48. The predicted molar refractivity (Wildman–Crippen MR) is 447 cm³/mol. The van der Waals surface area contributed by atoms with Crippen LogP contribution in [0.1, 0.15) is 0 Å². The first kappa shape index (κ1) is 60.2. The Morgan fingerprint density at radius 3 is 0.798 bits per heavy atom. The molecule has 2 aliphatic heterocycles. The van der Waals surface area contributed by atoms with Crippen LogP contribution in [0.5, 0.6) is 0 Å². The minimum atomic E-state index is -2.70. The van der Waals surface area contributed by atoms with E-state index in [2.05, 4.69) is 376 Å². The maximum atomic E-state index is 7.48. The van der Waals surface area contributed by atoms with Crippen LogP contribution in [-0.4, -0.2) is 16.1 Å². The molecule has 0 atom stereocenters. The summed E-state index contributed by atoms with van der Waals surface area (Å²) in [5, 5.41) is 20.1. The van der Waals surface area contributed by atoms with Gasteiger partial charge in [0.25, 0.3) is 0 Å². The fourth-order valence-corrected chi connectivity index (χ4v) is 26.6. The van der Waals surface area contributed by atoms with E-state index in [-0.39, 0.29) is 0 Å². The minimum Gasteiger partial charge on any atom is -0.455 e. The van der Waals surface area contributed by atoms with E-state index in [1.165, 1.54) is 131 Å². The summed E-state index contributed by atoms with van der Waals surface area (Å²) in [6.45, 7) is 10.4. The van der Waals surface area contributed by atoms with Gasteiger partial charge in [0.2, 0.25) is 0 Å². The SMILES string of the molecule is C[Si]1(C)c2cc(N(c3ccc(-c4cccc5ccccc45)cc3)c3ccc(-c4cccc5ccccc45)cc3)c3c(oc4ccccc43)c2-c2ccc3c(c21)[Si](C)(C)c1cc(N(c2ccc(-c4cccc5ccccc45)cc2)c2ccc(-c4cccc5ccccc45)cc2)c2c(oc4ccccc42)c1-3. The van der Waals surface area contributed by atoms with Crippen molar-refractivity contribution in [3.63, 3.8) is 0 Å². The van der Waals surface area contributed by atoms with Crippen LogP contribution in [0, 0.1) is 0 Å². The normalized spacial score (nSPS) is 13.3. The number of hydrogen-bond donors (Lipinski definition) is 0. The Balaban J connectivity index is 0.755. The van der Waals surface area contributed by atoms with Crippen molar-refractivity contribution in [2.24, 2.45) is 0 Å². The molecule has 0 spiro atoms. The van der Waals surface area contributed by atoms with Gasteiger partial charge in [-0.25, -0.2) is 0 Å². The summed E-state index contributed by atoms with van der Waals surface area (Å²) in [7, 11) is -5.41. The van der Waals surface area contributed by atoms with Crippen LogP contribution < -0.4 is 30.5 Å². The lowest BCUT2D eigenvalue weighted by Gasteiger charge is -2.31. The second kappa shape index (κ2) is 23.0. The van der Waals surface area contributed by atoms with Gasteiger partial charge in [0.05, 0.1) is 22.1 Å². The number of fused-ring (bicyclic) bond motifs is 19. The minimum absolute atomic E-state index is 0.877. The molecule has 2 aromatic heterocycles. The highest BCUT2D eigenvalue weighted by Gasteiger charge is 2.50. The average molecular weight is 1360 g/mol. The number of para-hydroxylation sites is 2. The Labute approximate surface area is 605 Å². The molecule has 0 amide bonds. The average Bonchev–Trinajstić information content (AvgIpc) is 1.51. The molecule has 104 heavy (non-hydrogen) atoms. The van der Waals surface area contributed by atoms with Crippen LogP contribution in [0.2, 0.25) is 26.2 Å². The summed E-state index contributed by atoms with van der Waals surface area (Å²) in [6.07, 6.45) is 0. The molecule has 0 radical (unpaired) electrons. The lowest BCUT2D eigenvalue weighted by Crippen LogP contribution is -2.63. The van der Waals surface area contributed by atoms with E-state index in [9.17, 15) is 0 Å². The van der Waals surface area contributed by atoms with Crippen molar-refractivity contribution < 1.29 is 8.83 Å². The van der Waals surface area contributed by atoms with Gasteiger partial charge in [-0.1, -0.05) is 293 Å². The highest BCUT2D eigenvalue weighted by molar-refractivity contribution is 7.13. The van der Waals surface area contributed by atoms with Gasteiger partial charge < -0.3 is 18.6 Å². The summed E-state index contributed by atoms with van der Waals surface area (Å²) >= 11 is 0. The Kier molecular flexibility index (Phi) is 13.3. The topological polar surface area (TPSA) is 32.8 Å². The van der Waals surface area contributed by atoms with E-state index in [1.54, 1.807) is 0 Å². The Morgan fingerprint density at radius 1 is 0.240 bits per heavy atom. The van der Waals surface area contributed by atoms with Crippen LogP contribution in [0.4, 0.5) is 34.1 Å². The molecule has 0 saturated heterocycles. The molecule has 0 saturated carbocycles. The molecule has 4 heterocycles. The number of anilines is 6. The van der Waals surface area contributed by atoms with E-state index >= 15 is 0 Å². The molecule has 490 valence electrons. The van der Waals surface area contributed by atoms with Gasteiger partial charge in [0, 0.05) is 44.6 Å². The molecular formula is C98H68N2O2Si2. The lowest BCUT2D eigenvalue weighted by atomic mass is 9.95. The number of rotatable bonds is 10. The molecule has 21 rings (SSSR count). The molecule has 19 aromatic rings. The number of benzene rings is 17. The Bertz CT molecular complexity index is 6110. The summed E-state index contributed by atoms with van der Waals surface area (Å²) in [6, 6.07) is 126. The maximum Gasteiger partial charge on any atom is 0.145 e. The number of nitrogens with zero attached hydrogens (tertiary/aromatic N) is 2. The van der Waals surface area contributed by atoms with Crippen LogP contribution >= 0.6 is 0 Å². The Hall–Kier alpha value is -12.6. The third-order valence-electron chi connectivity index (χ3n) is 23.0. The number of hydrogen-bond acceptors (Lipinski definition) is 4. The van der Waals surface area contributed by atoms with Crippen molar-refractivity contribution in [1.29, 1.82) is 0 Å². The molecule has 6 heteroatoms. The molecule has 0 N–H and O–H groups in total. The smallest absolute Gasteiger partial charge is 0.145 e. The van der Waals surface area contributed by atoms with Gasteiger partial charge >= 0.3 is 0 Å². The summed E-state index contributed by atoms with van der Waals surface area (Å²) in [4.78, 5) is 5.02. The third-order valence-corrected chi connectivity index (χ3v) is 30.3. The zero-order valence-corrected chi connectivity index (χ0v) is 60.0. The van der Waals surface area contributed by atoms with Gasteiger partial charge in [0.1, 0.15) is 38.5 Å². The summed E-state index contributed by atoms with van der Waals surface area (Å²) < 4.78 is 15.0. The monoisotopic (exact) mass is 1360 g/mol. The molecule has 17 aromatic carbocycles. The van der Waals surface area contributed by atoms with Crippen molar-refractivity contribution in [1.82, 2.24) is 0 Å². The van der Waals surface area contributed by atoms with E-state index in [4.69, 9.17) is 8.83 Å². The second-order valence-corrected chi connectivity index (χ2v) is 37.9. The predicted octanol–water partition coefficient (Wildman–Crippen LogP) is 25.3. The van der Waals surface area contributed by atoms with E-state index in [1.807, 2.05) is 0 Å². The second-order valence-electron chi connectivity index (χ2n) is 29.4. The fourth-order valence-electron chi connectivity index (χ4n) is 18.1. The zero-order chi connectivity index (χ0) is 69.1. The van der Waals surface area contributed by atoms with Gasteiger partial charge in [-0.05, 0) is 192 Å². The fraction of sp³-hybridized carbons (Fsp3) is 0.0408. The largest absolute Gasteiger partial charge is 0.455 e. The Morgan fingerprint density at radius 2 is 0.500 bits per heavy atom. The molecular weight excluding hydrogens is 1290 g/mol. The lowest BCUT2D eigenvalue weighted by molar-refractivity contribution is 0.670. The molecule has 4 nitrogen and oxygen atoms in total. The van der Waals surface area contributed by atoms with Gasteiger partial charge in [-0.2, -0.15) is 0 Å². The van der Waals surface area contributed by atoms with Crippen molar-refractivity contribution in [2.75, 3.05) is 9.80 Å². The van der Waals surface area contributed by atoms with Crippen LogP contribution in [0.25, 0.3) is 154 Å². The third kappa shape index (κ3) is 9.02. The van der Waals surface area contributed by atoms with Crippen LogP contribution in [-0.2, 0) is 0 Å². The number of furan rings is 2. The van der Waals surface area contributed by atoms with E-state index in [0.717, 1.165) is 78.0 Å². The molecule has 0 fully saturated rings. The molecule has 0 bridgehead atoms. The van der Waals surface area contributed by atoms with E-state index in [0.29, 0.717) is 0 Å². The highest BCUT2D eigenvalue weighted by atomic mass is 28.3. The zero-order valence-electron chi connectivity index (χ0n) is 58.0.